The normalized spacial score (nSPS) is 14.1. The number of esters is 1. The van der Waals surface area contributed by atoms with Crippen molar-refractivity contribution in [3.8, 4) is 0 Å². The van der Waals surface area contributed by atoms with Gasteiger partial charge in [-0.2, -0.15) is 0 Å². The molecule has 7 heteroatoms. The average molecular weight is 292 g/mol. The summed E-state index contributed by atoms with van der Waals surface area (Å²) in [5, 5.41) is 8.99. The Kier molecular flexibility index (Phi) is 9.96. The monoisotopic (exact) mass is 292 g/mol. The number of rotatable bonds is 11. The minimum atomic E-state index is -1.67. The number of carboxylic acids is 1. The lowest BCUT2D eigenvalue weighted by molar-refractivity contribution is -0.195. The molecule has 0 heterocycles. The van der Waals surface area contributed by atoms with E-state index in [0.29, 0.717) is 19.6 Å². The van der Waals surface area contributed by atoms with Crippen LogP contribution in [0, 0.1) is 0 Å². The van der Waals surface area contributed by atoms with E-state index in [1.54, 1.807) is 20.8 Å². The van der Waals surface area contributed by atoms with E-state index in [1.165, 1.54) is 0 Å². The lowest BCUT2D eigenvalue weighted by atomic mass is 10.3. The van der Waals surface area contributed by atoms with Crippen molar-refractivity contribution in [2.75, 3.05) is 19.8 Å². The number of hydrogen-bond donors (Lipinski definition) is 1. The van der Waals surface area contributed by atoms with Crippen LogP contribution in [0.3, 0.4) is 0 Å². The summed E-state index contributed by atoms with van der Waals surface area (Å²) >= 11 is 0. The van der Waals surface area contributed by atoms with Crippen LogP contribution in [-0.4, -0.2) is 55.4 Å². The molecule has 0 saturated carbocycles. The van der Waals surface area contributed by atoms with E-state index in [0.717, 1.165) is 0 Å². The Labute approximate surface area is 119 Å². The van der Waals surface area contributed by atoms with E-state index in [9.17, 15) is 9.59 Å². The largest absolute Gasteiger partial charge is 0.479 e. The second-order valence-corrected chi connectivity index (χ2v) is 4.05. The molecule has 0 bridgehead atoms. The Balaban J connectivity index is 4.45. The van der Waals surface area contributed by atoms with E-state index in [4.69, 9.17) is 24.1 Å². The summed E-state index contributed by atoms with van der Waals surface area (Å²) in [6.07, 6.45) is -2.14. The Morgan fingerprint density at radius 2 is 1.60 bits per heavy atom. The fraction of sp³-hybridized carbons (Fsp3) is 0.846. The summed E-state index contributed by atoms with van der Waals surface area (Å²) in [4.78, 5) is 22.7. The first-order chi connectivity index (χ1) is 9.46. The van der Waals surface area contributed by atoms with Crippen molar-refractivity contribution in [3.05, 3.63) is 0 Å². The predicted molar refractivity (Wildman–Crippen MR) is 70.3 cm³/mol. The summed E-state index contributed by atoms with van der Waals surface area (Å²) in [7, 11) is 0. The second kappa shape index (κ2) is 10.6. The number of carbonyl (C=O) groups is 2. The molecule has 20 heavy (non-hydrogen) atoms. The van der Waals surface area contributed by atoms with Gasteiger partial charge in [-0.1, -0.05) is 6.92 Å². The van der Waals surface area contributed by atoms with Crippen LogP contribution in [0.25, 0.3) is 0 Å². The van der Waals surface area contributed by atoms with Gasteiger partial charge in [0.15, 0.2) is 6.29 Å². The molecule has 0 radical (unpaired) electrons. The predicted octanol–water partition coefficient (Wildman–Crippen LogP) is 1.20. The molecular weight excluding hydrogens is 268 g/mol. The van der Waals surface area contributed by atoms with Crippen molar-refractivity contribution in [1.29, 1.82) is 0 Å². The minimum Gasteiger partial charge on any atom is -0.479 e. The molecule has 0 spiro atoms. The molecule has 0 saturated heterocycles. The summed E-state index contributed by atoms with van der Waals surface area (Å²) in [5.41, 5.74) is 0. The summed E-state index contributed by atoms with van der Waals surface area (Å²) in [6.45, 7) is 7.69. The van der Waals surface area contributed by atoms with Crippen LogP contribution in [0.2, 0.25) is 0 Å². The maximum atomic E-state index is 11.7. The highest BCUT2D eigenvalue weighted by molar-refractivity contribution is 5.97. The zero-order chi connectivity index (χ0) is 15.5. The smallest absolute Gasteiger partial charge is 0.347 e. The summed E-state index contributed by atoms with van der Waals surface area (Å²) in [6, 6.07) is 0. The van der Waals surface area contributed by atoms with Crippen molar-refractivity contribution >= 4 is 11.9 Å². The zero-order valence-corrected chi connectivity index (χ0v) is 12.5. The highest BCUT2D eigenvalue weighted by Crippen LogP contribution is 2.05. The molecule has 1 N–H and O–H groups in total. The number of carboxylic acid groups (broad SMARTS) is 1. The van der Waals surface area contributed by atoms with Gasteiger partial charge in [0.05, 0.1) is 12.7 Å². The van der Waals surface area contributed by atoms with E-state index >= 15 is 0 Å². The van der Waals surface area contributed by atoms with Crippen LogP contribution >= 0.6 is 0 Å². The van der Waals surface area contributed by atoms with Crippen LogP contribution in [0.4, 0.5) is 0 Å². The first-order valence-corrected chi connectivity index (χ1v) is 6.74. The number of carbonyl (C=O) groups excluding carboxylic acids is 1. The molecule has 118 valence electrons. The Hall–Kier alpha value is -1.18. The molecule has 7 nitrogen and oxygen atoms in total. The third-order valence-electron chi connectivity index (χ3n) is 2.43. The summed E-state index contributed by atoms with van der Waals surface area (Å²) in [5.74, 6) is -2.32. The molecule has 2 atom stereocenters. The van der Waals surface area contributed by atoms with Crippen LogP contribution in [-0.2, 0) is 28.5 Å². The van der Waals surface area contributed by atoms with Crippen LogP contribution in [0.15, 0.2) is 0 Å². The van der Waals surface area contributed by atoms with Crippen LogP contribution in [0.1, 0.15) is 34.1 Å². The van der Waals surface area contributed by atoms with Crippen LogP contribution in [0.5, 0.6) is 0 Å². The van der Waals surface area contributed by atoms with Crippen molar-refractivity contribution in [3.63, 3.8) is 0 Å². The SMILES string of the molecule is CCOC(COC(C(=O)O)C(=O)OC(C)CC)OCC. The Morgan fingerprint density at radius 3 is 2.00 bits per heavy atom. The van der Waals surface area contributed by atoms with Gasteiger partial charge < -0.3 is 24.1 Å². The quantitative estimate of drug-likeness (QED) is 0.347. The van der Waals surface area contributed by atoms with Gasteiger partial charge in [-0.15, -0.1) is 0 Å². The number of hydrogen-bond acceptors (Lipinski definition) is 6. The molecule has 0 aliphatic carbocycles. The van der Waals surface area contributed by atoms with Gasteiger partial charge in [0, 0.05) is 13.2 Å². The van der Waals surface area contributed by atoms with Gasteiger partial charge >= 0.3 is 11.9 Å². The van der Waals surface area contributed by atoms with Gasteiger partial charge in [-0.25, -0.2) is 9.59 Å². The average Bonchev–Trinajstić information content (AvgIpc) is 2.38. The Morgan fingerprint density at radius 1 is 1.05 bits per heavy atom. The maximum Gasteiger partial charge on any atom is 0.347 e. The first kappa shape index (κ1) is 18.8. The van der Waals surface area contributed by atoms with Crippen LogP contribution < -0.4 is 0 Å². The van der Waals surface area contributed by atoms with Crippen molar-refractivity contribution < 1.29 is 33.6 Å². The molecule has 0 aromatic heterocycles. The van der Waals surface area contributed by atoms with E-state index in [2.05, 4.69) is 0 Å². The highest BCUT2D eigenvalue weighted by atomic mass is 16.7. The molecular formula is C13H24O7. The fourth-order valence-electron chi connectivity index (χ4n) is 1.27. The van der Waals surface area contributed by atoms with Gasteiger partial charge in [0.25, 0.3) is 6.10 Å². The van der Waals surface area contributed by atoms with Crippen molar-refractivity contribution in [2.24, 2.45) is 0 Å². The van der Waals surface area contributed by atoms with Gasteiger partial charge in [-0.05, 0) is 27.2 Å². The topological polar surface area (TPSA) is 91.3 Å². The molecule has 0 rings (SSSR count). The van der Waals surface area contributed by atoms with Gasteiger partial charge in [0.1, 0.15) is 0 Å². The Bertz CT molecular complexity index is 286. The highest BCUT2D eigenvalue weighted by Gasteiger charge is 2.31. The molecule has 0 aromatic carbocycles. The number of aliphatic carboxylic acids is 1. The minimum absolute atomic E-state index is 0.158. The molecule has 0 fully saturated rings. The van der Waals surface area contributed by atoms with E-state index in [-0.39, 0.29) is 12.7 Å². The van der Waals surface area contributed by atoms with Crippen molar-refractivity contribution in [1.82, 2.24) is 0 Å². The maximum absolute atomic E-state index is 11.7. The molecule has 0 amide bonds. The molecule has 0 aliphatic rings. The first-order valence-electron chi connectivity index (χ1n) is 6.74. The second-order valence-electron chi connectivity index (χ2n) is 4.05. The van der Waals surface area contributed by atoms with Gasteiger partial charge in [-0.3, -0.25) is 0 Å². The summed E-state index contributed by atoms with van der Waals surface area (Å²) < 4.78 is 20.4. The molecule has 2 unspecified atom stereocenters. The van der Waals surface area contributed by atoms with E-state index in [1.807, 2.05) is 6.92 Å². The molecule has 0 aromatic rings. The lowest BCUT2D eigenvalue weighted by Gasteiger charge is -2.20. The fourth-order valence-corrected chi connectivity index (χ4v) is 1.27. The standard InChI is InChI=1S/C13H24O7/c1-5-9(4)20-13(16)11(12(14)15)19-8-10(17-6-2)18-7-3/h9-11H,5-8H2,1-4H3,(H,14,15). The molecule has 0 aliphatic heterocycles. The lowest BCUT2D eigenvalue weighted by Crippen LogP contribution is -2.39. The van der Waals surface area contributed by atoms with Crippen molar-refractivity contribution in [2.45, 2.75) is 52.6 Å². The van der Waals surface area contributed by atoms with E-state index < -0.39 is 24.3 Å². The third kappa shape index (κ3) is 7.42. The van der Waals surface area contributed by atoms with Gasteiger partial charge in [0.2, 0.25) is 0 Å². The third-order valence-corrected chi connectivity index (χ3v) is 2.43. The number of ether oxygens (including phenoxy) is 4. The zero-order valence-electron chi connectivity index (χ0n) is 12.5.